The summed E-state index contributed by atoms with van der Waals surface area (Å²) in [4.78, 5) is 0. The summed E-state index contributed by atoms with van der Waals surface area (Å²) < 4.78 is 18.5. The van der Waals surface area contributed by atoms with E-state index in [1.165, 1.54) is 6.07 Å². The maximum Gasteiger partial charge on any atom is 0.126 e. The predicted molar refractivity (Wildman–Crippen MR) is 65.1 cm³/mol. The Kier molecular flexibility index (Phi) is 3.59. The topological polar surface area (TPSA) is 25.2 Å². The van der Waals surface area contributed by atoms with Crippen molar-refractivity contribution in [1.82, 2.24) is 5.32 Å². The van der Waals surface area contributed by atoms with Crippen LogP contribution in [0.1, 0.15) is 22.6 Å². The smallest absolute Gasteiger partial charge is 0.126 e. The second kappa shape index (κ2) is 5.15. The molecule has 1 heterocycles. The lowest BCUT2D eigenvalue weighted by Gasteiger charge is -2.04. The summed E-state index contributed by atoms with van der Waals surface area (Å²) in [7, 11) is 0. The van der Waals surface area contributed by atoms with Crippen molar-refractivity contribution in [3.63, 3.8) is 0 Å². The zero-order chi connectivity index (χ0) is 12.3. The third-order valence-electron chi connectivity index (χ3n) is 2.65. The van der Waals surface area contributed by atoms with E-state index in [-0.39, 0.29) is 5.82 Å². The summed E-state index contributed by atoms with van der Waals surface area (Å²) in [5.41, 5.74) is 1.75. The van der Waals surface area contributed by atoms with Crippen LogP contribution in [0.25, 0.3) is 0 Å². The zero-order valence-electron chi connectivity index (χ0n) is 10.1. The number of hydrogen-bond donors (Lipinski definition) is 1. The maximum absolute atomic E-state index is 13.1. The molecule has 2 aromatic rings. The van der Waals surface area contributed by atoms with Crippen molar-refractivity contribution in [3.05, 3.63) is 58.8 Å². The van der Waals surface area contributed by atoms with Crippen molar-refractivity contribution < 1.29 is 8.81 Å². The lowest BCUT2D eigenvalue weighted by Crippen LogP contribution is -2.12. The number of aryl methyl sites for hydroxylation is 2. The zero-order valence-corrected chi connectivity index (χ0v) is 10.1. The molecule has 1 N–H and O–H groups in total. The first-order valence-corrected chi connectivity index (χ1v) is 5.66. The summed E-state index contributed by atoms with van der Waals surface area (Å²) in [5.74, 6) is 1.68. The van der Waals surface area contributed by atoms with Gasteiger partial charge in [-0.3, -0.25) is 0 Å². The highest BCUT2D eigenvalue weighted by Gasteiger charge is 2.00. The summed E-state index contributed by atoms with van der Waals surface area (Å²) >= 11 is 0. The Hall–Kier alpha value is -1.61. The fourth-order valence-corrected chi connectivity index (χ4v) is 1.73. The molecule has 0 saturated carbocycles. The molecule has 3 heteroatoms. The Balaban J connectivity index is 1.87. The maximum atomic E-state index is 13.1. The van der Waals surface area contributed by atoms with Gasteiger partial charge in [-0.1, -0.05) is 12.1 Å². The first-order chi connectivity index (χ1) is 8.15. The van der Waals surface area contributed by atoms with Gasteiger partial charge in [-0.2, -0.15) is 0 Å². The largest absolute Gasteiger partial charge is 0.465 e. The van der Waals surface area contributed by atoms with Crippen molar-refractivity contribution in [1.29, 1.82) is 0 Å². The Morgan fingerprint density at radius 1 is 1.12 bits per heavy atom. The van der Waals surface area contributed by atoms with Gasteiger partial charge in [0.25, 0.3) is 0 Å². The lowest BCUT2D eigenvalue weighted by atomic mass is 10.1. The van der Waals surface area contributed by atoms with Gasteiger partial charge >= 0.3 is 0 Å². The van der Waals surface area contributed by atoms with Crippen molar-refractivity contribution in [2.45, 2.75) is 26.9 Å². The minimum Gasteiger partial charge on any atom is -0.465 e. The van der Waals surface area contributed by atoms with Crippen LogP contribution in [0.15, 0.2) is 34.7 Å². The second-order valence-corrected chi connectivity index (χ2v) is 4.20. The standard InChI is InChI=1S/C14H16FNO/c1-10-7-12(4-6-14(10)15)8-16-9-13-5-3-11(2)17-13/h3-7,16H,8-9H2,1-2H3. The van der Waals surface area contributed by atoms with Crippen molar-refractivity contribution in [2.75, 3.05) is 0 Å². The van der Waals surface area contributed by atoms with Crippen molar-refractivity contribution in [2.24, 2.45) is 0 Å². The molecule has 0 saturated heterocycles. The van der Waals surface area contributed by atoms with E-state index in [9.17, 15) is 4.39 Å². The Morgan fingerprint density at radius 2 is 1.94 bits per heavy atom. The van der Waals surface area contributed by atoms with Crippen LogP contribution in [0.3, 0.4) is 0 Å². The summed E-state index contributed by atoms with van der Waals surface area (Å²) in [6.45, 7) is 5.09. The highest BCUT2D eigenvalue weighted by molar-refractivity contribution is 5.23. The fraction of sp³-hybridized carbons (Fsp3) is 0.286. The summed E-state index contributed by atoms with van der Waals surface area (Å²) in [6, 6.07) is 9.05. The van der Waals surface area contributed by atoms with Gasteiger partial charge in [0.2, 0.25) is 0 Å². The van der Waals surface area contributed by atoms with Crippen LogP contribution in [0.4, 0.5) is 4.39 Å². The molecule has 0 fully saturated rings. The minimum atomic E-state index is -0.157. The molecule has 0 aliphatic rings. The van der Waals surface area contributed by atoms with Crippen LogP contribution in [-0.2, 0) is 13.1 Å². The van der Waals surface area contributed by atoms with Gasteiger partial charge in [0.15, 0.2) is 0 Å². The highest BCUT2D eigenvalue weighted by Crippen LogP contribution is 2.10. The number of benzene rings is 1. The first-order valence-electron chi connectivity index (χ1n) is 5.66. The van der Waals surface area contributed by atoms with E-state index in [1.54, 1.807) is 13.0 Å². The molecule has 0 unspecified atom stereocenters. The van der Waals surface area contributed by atoms with Gasteiger partial charge in [-0.25, -0.2) is 4.39 Å². The lowest BCUT2D eigenvalue weighted by molar-refractivity contribution is 0.461. The number of nitrogens with one attached hydrogen (secondary N) is 1. The Morgan fingerprint density at radius 3 is 2.59 bits per heavy atom. The molecular formula is C14H16FNO. The predicted octanol–water partition coefficient (Wildman–Crippen LogP) is 3.33. The number of furan rings is 1. The molecule has 1 aromatic heterocycles. The molecule has 0 radical (unpaired) electrons. The quantitative estimate of drug-likeness (QED) is 0.876. The molecule has 17 heavy (non-hydrogen) atoms. The molecule has 2 rings (SSSR count). The van der Waals surface area contributed by atoms with Gasteiger partial charge in [0, 0.05) is 6.54 Å². The molecule has 90 valence electrons. The third-order valence-corrected chi connectivity index (χ3v) is 2.65. The summed E-state index contributed by atoms with van der Waals surface area (Å²) in [5, 5.41) is 3.26. The first kappa shape index (κ1) is 11.9. The van der Waals surface area contributed by atoms with Crippen LogP contribution in [0, 0.1) is 19.7 Å². The average molecular weight is 233 g/mol. The molecule has 0 aliphatic heterocycles. The second-order valence-electron chi connectivity index (χ2n) is 4.20. The molecule has 0 bridgehead atoms. The van der Waals surface area contributed by atoms with E-state index in [4.69, 9.17) is 4.42 Å². The van der Waals surface area contributed by atoms with Gasteiger partial charge in [-0.05, 0) is 43.2 Å². The van der Waals surface area contributed by atoms with Crippen LogP contribution < -0.4 is 5.32 Å². The van der Waals surface area contributed by atoms with E-state index in [2.05, 4.69) is 5.32 Å². The molecule has 0 aliphatic carbocycles. The molecule has 0 amide bonds. The van der Waals surface area contributed by atoms with Gasteiger partial charge in [0.05, 0.1) is 6.54 Å². The van der Waals surface area contributed by atoms with E-state index in [0.29, 0.717) is 18.7 Å². The highest BCUT2D eigenvalue weighted by atomic mass is 19.1. The summed E-state index contributed by atoms with van der Waals surface area (Å²) in [6.07, 6.45) is 0. The number of hydrogen-bond acceptors (Lipinski definition) is 2. The van der Waals surface area contributed by atoms with Crippen molar-refractivity contribution >= 4 is 0 Å². The van der Waals surface area contributed by atoms with Gasteiger partial charge in [-0.15, -0.1) is 0 Å². The molecule has 0 spiro atoms. The Labute approximate surface area is 100 Å². The fourth-order valence-electron chi connectivity index (χ4n) is 1.73. The minimum absolute atomic E-state index is 0.157. The van der Waals surface area contributed by atoms with E-state index in [0.717, 1.165) is 17.1 Å². The van der Waals surface area contributed by atoms with Crippen LogP contribution in [0.5, 0.6) is 0 Å². The van der Waals surface area contributed by atoms with Crippen molar-refractivity contribution in [3.8, 4) is 0 Å². The van der Waals surface area contributed by atoms with Gasteiger partial charge < -0.3 is 9.73 Å². The molecular weight excluding hydrogens is 217 g/mol. The van der Waals surface area contributed by atoms with Gasteiger partial charge in [0.1, 0.15) is 17.3 Å². The van der Waals surface area contributed by atoms with Crippen LogP contribution in [0.2, 0.25) is 0 Å². The molecule has 0 atom stereocenters. The van der Waals surface area contributed by atoms with E-state index < -0.39 is 0 Å². The third kappa shape index (κ3) is 3.17. The van der Waals surface area contributed by atoms with E-state index in [1.807, 2.05) is 25.1 Å². The monoisotopic (exact) mass is 233 g/mol. The van der Waals surface area contributed by atoms with Crippen LogP contribution >= 0.6 is 0 Å². The SMILES string of the molecule is Cc1ccc(CNCc2ccc(F)c(C)c2)o1. The Bertz CT molecular complexity index is 505. The molecule has 1 aromatic carbocycles. The number of rotatable bonds is 4. The molecule has 2 nitrogen and oxygen atoms in total. The normalized spacial score (nSPS) is 10.8. The van der Waals surface area contributed by atoms with Crippen LogP contribution in [-0.4, -0.2) is 0 Å². The van der Waals surface area contributed by atoms with E-state index >= 15 is 0 Å². The number of halogens is 1. The average Bonchev–Trinajstić information content (AvgIpc) is 2.70.